The number of esters is 1. The smallest absolute Gasteiger partial charge is 0.423 e. The van der Waals surface area contributed by atoms with Crippen LogP contribution in [0.5, 0.6) is 0 Å². The number of amides is 1. The molecule has 0 radical (unpaired) electrons. The van der Waals surface area contributed by atoms with Crippen LogP contribution in [0.3, 0.4) is 0 Å². The van der Waals surface area contributed by atoms with Crippen molar-refractivity contribution in [1.29, 1.82) is 0 Å². The van der Waals surface area contributed by atoms with Gasteiger partial charge in [-0.25, -0.2) is 9.37 Å². The van der Waals surface area contributed by atoms with Crippen LogP contribution in [0.15, 0.2) is 16.9 Å². The fourth-order valence-corrected chi connectivity index (χ4v) is 5.70. The highest BCUT2D eigenvalue weighted by Crippen LogP contribution is 2.42. The molecule has 0 fully saturated rings. The van der Waals surface area contributed by atoms with Crippen LogP contribution >= 0.6 is 0 Å². The van der Waals surface area contributed by atoms with E-state index in [1.807, 2.05) is 19.9 Å². The molecule has 0 bridgehead atoms. The monoisotopic (exact) mass is 547 g/mol. The molecule has 3 aliphatic rings. The number of aliphatic hydroxyl groups is 1. The summed E-state index contributed by atoms with van der Waals surface area (Å²) in [7, 11) is 0. The Labute approximate surface area is 219 Å². The van der Waals surface area contributed by atoms with E-state index in [0.29, 0.717) is 29.6 Å². The minimum Gasteiger partial charge on any atom is -0.460 e. The summed E-state index contributed by atoms with van der Waals surface area (Å²) in [4.78, 5) is 40.0. The number of aryl methyl sites for hydroxylation is 2. The van der Waals surface area contributed by atoms with Gasteiger partial charge in [0.25, 0.3) is 11.5 Å². The molecule has 2 aliphatic heterocycles. The van der Waals surface area contributed by atoms with Crippen molar-refractivity contribution in [3.05, 3.63) is 61.7 Å². The Morgan fingerprint density at radius 3 is 2.51 bits per heavy atom. The highest BCUT2D eigenvalue weighted by molar-refractivity contribution is 5.92. The molecular weight excluding hydrogens is 522 g/mol. The molecule has 0 spiro atoms. The van der Waals surface area contributed by atoms with Gasteiger partial charge in [-0.2, -0.15) is 13.2 Å². The predicted molar refractivity (Wildman–Crippen MR) is 131 cm³/mol. The number of aromatic nitrogens is 2. The van der Waals surface area contributed by atoms with Gasteiger partial charge in [-0.3, -0.25) is 14.4 Å². The Morgan fingerprint density at radius 1 is 1.21 bits per heavy atom. The number of nitrogens with two attached hydrogens (primary N) is 1. The molecule has 8 nitrogen and oxygen atoms in total. The number of hydrogen-bond acceptors (Lipinski definition) is 6. The van der Waals surface area contributed by atoms with E-state index < -0.39 is 24.1 Å². The molecule has 206 valence electrons. The molecule has 1 amide bonds. The number of fused-ring (bicyclic) bond motifs is 5. The van der Waals surface area contributed by atoms with Crippen LogP contribution in [0.25, 0.3) is 22.3 Å². The zero-order chi connectivity index (χ0) is 28.4. The number of ether oxygens (including phenoxy) is 1. The van der Waals surface area contributed by atoms with Gasteiger partial charge in [0.2, 0.25) is 6.10 Å². The Kier molecular flexibility index (Phi) is 6.48. The lowest BCUT2D eigenvalue weighted by molar-refractivity contribution is -0.203. The molecule has 3 aromatic rings. The van der Waals surface area contributed by atoms with Crippen LogP contribution in [0.1, 0.15) is 59.1 Å². The number of halogens is 4. The van der Waals surface area contributed by atoms with Crippen molar-refractivity contribution in [3.8, 4) is 11.4 Å². The van der Waals surface area contributed by atoms with Gasteiger partial charge in [0.15, 0.2) is 0 Å². The summed E-state index contributed by atoms with van der Waals surface area (Å²) in [5.41, 5.74) is 11.5. The predicted octanol–water partition coefficient (Wildman–Crippen LogP) is 3.31. The van der Waals surface area contributed by atoms with Gasteiger partial charge in [0.05, 0.1) is 34.9 Å². The third-order valence-corrected chi connectivity index (χ3v) is 7.67. The van der Waals surface area contributed by atoms with Gasteiger partial charge in [-0.05, 0) is 60.9 Å². The number of rotatable bonds is 2. The summed E-state index contributed by atoms with van der Waals surface area (Å²) < 4.78 is 55.0. The second kappa shape index (κ2) is 9.44. The van der Waals surface area contributed by atoms with Gasteiger partial charge in [0.1, 0.15) is 12.4 Å². The standard InChI is InChI=1S/C24H21FN2O3.C3H4F3NO2/c1-3-12-15-7-20-22-16(9-27(20)23(28)17(15)10-30-24(12)29)14-6-4-5-13-11(2)18(25)8-19(26-22)21(13)14;4-3(5,6)1(8)2(7)9/h7-8,12H,3-6,9-10H2,1-2H3;1,8H,(H2,7,9). The van der Waals surface area contributed by atoms with Gasteiger partial charge in [0, 0.05) is 17.0 Å². The number of carbonyl (C=O) groups excluding carboxylic acids is 2. The van der Waals surface area contributed by atoms with Crippen LogP contribution in [0.2, 0.25) is 0 Å². The first-order valence-corrected chi connectivity index (χ1v) is 12.5. The molecular formula is C27H25F4N3O5. The van der Waals surface area contributed by atoms with E-state index in [1.165, 1.54) is 11.6 Å². The summed E-state index contributed by atoms with van der Waals surface area (Å²) in [5.74, 6) is -2.73. The Balaban J connectivity index is 0.000000298. The number of aliphatic hydroxyl groups excluding tert-OH is 1. The average Bonchev–Trinajstić information content (AvgIpc) is 3.25. The average molecular weight is 548 g/mol. The summed E-state index contributed by atoms with van der Waals surface area (Å²) >= 11 is 0. The molecule has 39 heavy (non-hydrogen) atoms. The minimum absolute atomic E-state index is 0.0247. The number of carbonyl (C=O) groups is 2. The SMILES string of the molecule is CCC1C(=O)OCc2c1cc1n(c2=O)Cc2c-1nc1cc(F)c(C)c3c1c2CCC3.NC(=O)C(O)C(F)(F)F. The van der Waals surface area contributed by atoms with E-state index in [9.17, 15) is 31.9 Å². The first-order valence-electron chi connectivity index (χ1n) is 12.5. The summed E-state index contributed by atoms with van der Waals surface area (Å²) in [6.07, 6.45) is -4.69. The highest BCUT2D eigenvalue weighted by atomic mass is 19.4. The first kappa shape index (κ1) is 26.8. The van der Waals surface area contributed by atoms with Gasteiger partial charge >= 0.3 is 12.1 Å². The largest absolute Gasteiger partial charge is 0.460 e. The van der Waals surface area contributed by atoms with Gasteiger partial charge in [-0.1, -0.05) is 6.92 Å². The van der Waals surface area contributed by atoms with Crippen molar-refractivity contribution >= 4 is 22.8 Å². The molecule has 2 unspecified atom stereocenters. The molecule has 4 heterocycles. The fraction of sp³-hybridized carbons (Fsp3) is 0.407. The van der Waals surface area contributed by atoms with E-state index >= 15 is 0 Å². The van der Waals surface area contributed by atoms with Crippen molar-refractivity contribution in [2.75, 3.05) is 0 Å². The fourth-order valence-electron chi connectivity index (χ4n) is 5.70. The molecule has 2 aromatic heterocycles. The van der Waals surface area contributed by atoms with Gasteiger partial charge in [-0.15, -0.1) is 0 Å². The number of hydrogen-bond donors (Lipinski definition) is 2. The molecule has 3 N–H and O–H groups in total. The van der Waals surface area contributed by atoms with Crippen LogP contribution in [-0.4, -0.2) is 38.8 Å². The lowest BCUT2D eigenvalue weighted by Crippen LogP contribution is -2.40. The maximum Gasteiger partial charge on any atom is 0.423 e. The lowest BCUT2D eigenvalue weighted by Gasteiger charge is -2.24. The molecule has 0 saturated carbocycles. The van der Waals surface area contributed by atoms with Crippen molar-refractivity contribution < 1.29 is 37.0 Å². The van der Waals surface area contributed by atoms with E-state index in [0.717, 1.165) is 52.7 Å². The number of alkyl halides is 3. The number of primary amides is 1. The molecule has 6 rings (SSSR count). The minimum atomic E-state index is -4.94. The third kappa shape index (κ3) is 4.26. The summed E-state index contributed by atoms with van der Waals surface area (Å²) in [6.45, 7) is 4.25. The highest BCUT2D eigenvalue weighted by Gasteiger charge is 2.42. The van der Waals surface area contributed by atoms with Crippen molar-refractivity contribution in [3.63, 3.8) is 0 Å². The summed E-state index contributed by atoms with van der Waals surface area (Å²) in [5, 5.41) is 8.93. The van der Waals surface area contributed by atoms with Gasteiger partial charge < -0.3 is 20.1 Å². The Hall–Kier alpha value is -3.80. The maximum atomic E-state index is 14.6. The van der Waals surface area contributed by atoms with Crippen molar-refractivity contribution in [2.45, 2.75) is 70.9 Å². The van der Waals surface area contributed by atoms with Crippen LogP contribution < -0.4 is 11.3 Å². The van der Waals surface area contributed by atoms with Crippen LogP contribution in [0.4, 0.5) is 17.6 Å². The number of pyridine rings is 2. The van der Waals surface area contributed by atoms with E-state index in [4.69, 9.17) is 14.8 Å². The molecule has 2 atom stereocenters. The number of benzene rings is 1. The van der Waals surface area contributed by atoms with E-state index in [2.05, 4.69) is 5.73 Å². The topological polar surface area (TPSA) is 125 Å². The maximum absolute atomic E-state index is 14.6. The summed E-state index contributed by atoms with van der Waals surface area (Å²) in [6, 6.07) is 3.46. The zero-order valence-electron chi connectivity index (χ0n) is 21.1. The van der Waals surface area contributed by atoms with Crippen LogP contribution in [-0.2, 0) is 40.3 Å². The Morgan fingerprint density at radius 2 is 1.90 bits per heavy atom. The van der Waals surface area contributed by atoms with Crippen molar-refractivity contribution in [2.24, 2.45) is 5.73 Å². The molecule has 12 heteroatoms. The first-order chi connectivity index (χ1) is 18.3. The number of cyclic esters (lactones) is 1. The van der Waals surface area contributed by atoms with Crippen molar-refractivity contribution in [1.82, 2.24) is 9.55 Å². The molecule has 0 saturated heterocycles. The Bertz CT molecular complexity index is 1610. The lowest BCUT2D eigenvalue weighted by atomic mass is 9.84. The second-order valence-electron chi connectivity index (χ2n) is 9.90. The molecule has 1 aromatic carbocycles. The third-order valence-electron chi connectivity index (χ3n) is 7.67. The van der Waals surface area contributed by atoms with Crippen LogP contribution in [0, 0.1) is 12.7 Å². The molecule has 1 aliphatic carbocycles. The quantitative estimate of drug-likeness (QED) is 0.293. The second-order valence-corrected chi connectivity index (χ2v) is 9.90. The number of nitrogens with zero attached hydrogens (tertiary/aromatic N) is 2. The van der Waals surface area contributed by atoms with E-state index in [1.54, 1.807) is 4.57 Å². The van der Waals surface area contributed by atoms with E-state index in [-0.39, 0.29) is 24.0 Å². The normalized spacial score (nSPS) is 17.9. The zero-order valence-corrected chi connectivity index (χ0v) is 21.1.